The molecule has 3 aromatic carbocycles. The number of benzene rings is 3. The van der Waals surface area contributed by atoms with Crippen molar-refractivity contribution >= 4 is 28.2 Å². The van der Waals surface area contributed by atoms with Gasteiger partial charge in [-0.1, -0.05) is 61.2 Å². The molecule has 4 aromatic rings. The van der Waals surface area contributed by atoms with E-state index in [2.05, 4.69) is 75.9 Å². The average molecular weight is 632 g/mol. The van der Waals surface area contributed by atoms with Crippen LogP contribution in [-0.2, 0) is 24.4 Å². The summed E-state index contributed by atoms with van der Waals surface area (Å²) in [6.07, 6.45) is 2.29. The number of likely N-dealkylation sites (N-methyl/N-ethyl adjacent to an activating group) is 1. The SMILES string of the molecule is C=CC(=O)N1CCN(c2nc(OCCN(C)C)nc3c2CCN(c2cc(OCc4ccccc4)cc4ccccc24)C3)CC1CC#N. The van der Waals surface area contributed by atoms with Crippen LogP contribution < -0.4 is 19.3 Å². The fourth-order valence-corrected chi connectivity index (χ4v) is 6.32. The Bertz CT molecular complexity index is 1770. The normalized spacial score (nSPS) is 16.1. The number of piperazine rings is 1. The number of carbonyl (C=O) groups is 1. The standard InChI is InChI=1S/C37H41N7O3/c1-4-35(45)44-19-18-43(24-29(44)14-16-38)36-32-15-17-42(25-33(32)39-37(40-36)46-21-20-41(2)3)34-23-30(22-28-12-8-9-13-31(28)34)47-26-27-10-6-5-7-11-27/h4-13,22-23,29H,1,14-15,17-21,24-26H2,2-3H3. The largest absolute Gasteiger partial charge is 0.489 e. The highest BCUT2D eigenvalue weighted by Gasteiger charge is 2.33. The predicted octanol–water partition coefficient (Wildman–Crippen LogP) is 4.83. The third-order valence-corrected chi connectivity index (χ3v) is 8.76. The van der Waals surface area contributed by atoms with Gasteiger partial charge in [0.25, 0.3) is 0 Å². The zero-order chi connectivity index (χ0) is 32.8. The van der Waals surface area contributed by atoms with Gasteiger partial charge in [0, 0.05) is 55.4 Å². The number of hydrogen-bond donors (Lipinski definition) is 0. The fourth-order valence-electron chi connectivity index (χ4n) is 6.32. The smallest absolute Gasteiger partial charge is 0.318 e. The Balaban J connectivity index is 1.32. The summed E-state index contributed by atoms with van der Waals surface area (Å²) in [7, 11) is 4.00. The monoisotopic (exact) mass is 631 g/mol. The second-order valence-corrected chi connectivity index (χ2v) is 12.2. The molecule has 10 nitrogen and oxygen atoms in total. The maximum atomic E-state index is 12.6. The van der Waals surface area contributed by atoms with Crippen molar-refractivity contribution in [1.29, 1.82) is 5.26 Å². The summed E-state index contributed by atoms with van der Waals surface area (Å²) in [5, 5.41) is 11.8. The van der Waals surface area contributed by atoms with Gasteiger partial charge < -0.3 is 29.1 Å². The molecule has 1 amide bonds. The second-order valence-electron chi connectivity index (χ2n) is 12.2. The molecule has 0 N–H and O–H groups in total. The van der Waals surface area contributed by atoms with Gasteiger partial charge in [0.2, 0.25) is 5.91 Å². The van der Waals surface area contributed by atoms with E-state index in [1.807, 2.05) is 32.3 Å². The zero-order valence-corrected chi connectivity index (χ0v) is 27.1. The van der Waals surface area contributed by atoms with Crippen LogP contribution in [0, 0.1) is 11.3 Å². The Labute approximate surface area is 276 Å². The number of ether oxygens (including phenoxy) is 2. The summed E-state index contributed by atoms with van der Waals surface area (Å²) in [5.74, 6) is 1.49. The molecule has 2 aliphatic heterocycles. The molecule has 3 heterocycles. The van der Waals surface area contributed by atoms with E-state index in [-0.39, 0.29) is 18.4 Å². The first-order valence-corrected chi connectivity index (χ1v) is 16.1. The van der Waals surface area contributed by atoms with Crippen molar-refractivity contribution in [1.82, 2.24) is 19.8 Å². The number of nitriles is 1. The van der Waals surface area contributed by atoms with Crippen molar-refractivity contribution in [3.8, 4) is 17.8 Å². The minimum atomic E-state index is -0.256. The Morgan fingerprint density at radius 2 is 1.85 bits per heavy atom. The minimum Gasteiger partial charge on any atom is -0.489 e. The molecule has 1 atom stereocenters. The second kappa shape index (κ2) is 14.5. The number of aromatic nitrogens is 2. The molecule has 1 aromatic heterocycles. The fraction of sp³-hybridized carbons (Fsp3) is 0.351. The minimum absolute atomic E-state index is 0.153. The van der Waals surface area contributed by atoms with Crippen LogP contribution in [0.5, 0.6) is 11.8 Å². The first-order valence-electron chi connectivity index (χ1n) is 16.1. The molecular formula is C37H41N7O3. The van der Waals surface area contributed by atoms with E-state index in [4.69, 9.17) is 19.4 Å². The molecular weight excluding hydrogens is 590 g/mol. The Morgan fingerprint density at radius 3 is 2.64 bits per heavy atom. The summed E-state index contributed by atoms with van der Waals surface area (Å²) in [5.41, 5.74) is 4.22. The van der Waals surface area contributed by atoms with Crippen molar-refractivity contribution in [2.45, 2.75) is 32.0 Å². The topological polar surface area (TPSA) is 98.1 Å². The molecule has 1 fully saturated rings. The van der Waals surface area contributed by atoms with Gasteiger partial charge in [-0.25, -0.2) is 0 Å². The quantitative estimate of drug-likeness (QED) is 0.216. The van der Waals surface area contributed by atoms with Crippen LogP contribution in [-0.4, -0.2) is 85.1 Å². The molecule has 0 radical (unpaired) electrons. The van der Waals surface area contributed by atoms with Gasteiger partial charge in [-0.05, 0) is 43.6 Å². The maximum Gasteiger partial charge on any atom is 0.318 e. The van der Waals surface area contributed by atoms with Gasteiger partial charge in [0.05, 0.1) is 30.8 Å². The van der Waals surface area contributed by atoms with Crippen LogP contribution in [0.25, 0.3) is 10.8 Å². The first kappa shape index (κ1) is 31.8. The van der Waals surface area contributed by atoms with E-state index >= 15 is 0 Å². The van der Waals surface area contributed by atoms with Crippen LogP contribution in [0.1, 0.15) is 23.2 Å². The number of fused-ring (bicyclic) bond motifs is 2. The molecule has 0 saturated carbocycles. The van der Waals surface area contributed by atoms with Crippen molar-refractivity contribution in [2.24, 2.45) is 0 Å². The highest BCUT2D eigenvalue weighted by molar-refractivity contribution is 5.96. The van der Waals surface area contributed by atoms with Crippen molar-refractivity contribution in [3.05, 3.63) is 96.2 Å². The highest BCUT2D eigenvalue weighted by atomic mass is 16.5. The highest BCUT2D eigenvalue weighted by Crippen LogP contribution is 2.37. The van der Waals surface area contributed by atoms with Crippen molar-refractivity contribution in [3.63, 3.8) is 0 Å². The molecule has 1 saturated heterocycles. The lowest BCUT2D eigenvalue weighted by Gasteiger charge is -2.42. The van der Waals surface area contributed by atoms with Gasteiger partial charge in [-0.2, -0.15) is 15.2 Å². The average Bonchev–Trinajstić information content (AvgIpc) is 3.10. The van der Waals surface area contributed by atoms with Crippen molar-refractivity contribution < 1.29 is 14.3 Å². The summed E-state index contributed by atoms with van der Waals surface area (Å²) < 4.78 is 12.4. The Hall–Kier alpha value is -5.14. The summed E-state index contributed by atoms with van der Waals surface area (Å²) in [6.45, 7) is 8.27. The molecule has 242 valence electrons. The van der Waals surface area contributed by atoms with Crippen molar-refractivity contribution in [2.75, 3.05) is 63.2 Å². The molecule has 2 aliphatic rings. The zero-order valence-electron chi connectivity index (χ0n) is 27.1. The number of carbonyl (C=O) groups excluding carboxylic acids is 1. The molecule has 0 aliphatic carbocycles. The van der Waals surface area contributed by atoms with Gasteiger partial charge >= 0.3 is 6.01 Å². The number of rotatable bonds is 11. The van der Waals surface area contributed by atoms with Crippen LogP contribution in [0.15, 0.2) is 79.4 Å². The lowest BCUT2D eigenvalue weighted by Crippen LogP contribution is -2.55. The van der Waals surface area contributed by atoms with Gasteiger partial charge in [0.1, 0.15) is 24.8 Å². The molecule has 6 rings (SSSR count). The van der Waals surface area contributed by atoms with Crippen LogP contribution >= 0.6 is 0 Å². The predicted molar refractivity (Wildman–Crippen MR) is 184 cm³/mol. The Morgan fingerprint density at radius 1 is 1.04 bits per heavy atom. The van der Waals surface area contributed by atoms with E-state index in [0.29, 0.717) is 45.4 Å². The number of amides is 1. The van der Waals surface area contributed by atoms with E-state index < -0.39 is 0 Å². The molecule has 47 heavy (non-hydrogen) atoms. The van der Waals surface area contributed by atoms with E-state index in [9.17, 15) is 10.1 Å². The lowest BCUT2D eigenvalue weighted by atomic mass is 10.0. The first-order chi connectivity index (χ1) is 22.9. The molecule has 1 unspecified atom stereocenters. The third kappa shape index (κ3) is 7.31. The van der Waals surface area contributed by atoms with Gasteiger partial charge in [-0.15, -0.1) is 0 Å². The summed E-state index contributed by atoms with van der Waals surface area (Å²) >= 11 is 0. The van der Waals surface area contributed by atoms with E-state index in [0.717, 1.165) is 64.4 Å². The van der Waals surface area contributed by atoms with E-state index in [1.165, 1.54) is 6.08 Å². The molecule has 0 spiro atoms. The van der Waals surface area contributed by atoms with Gasteiger partial charge in [0.15, 0.2) is 0 Å². The lowest BCUT2D eigenvalue weighted by molar-refractivity contribution is -0.128. The maximum absolute atomic E-state index is 12.6. The molecule has 10 heteroatoms. The third-order valence-electron chi connectivity index (χ3n) is 8.76. The van der Waals surface area contributed by atoms with Gasteiger partial charge in [-0.3, -0.25) is 4.79 Å². The Kier molecular flexibility index (Phi) is 9.83. The number of anilines is 2. The van der Waals surface area contributed by atoms with Crippen LogP contribution in [0.3, 0.4) is 0 Å². The van der Waals surface area contributed by atoms with Crippen LogP contribution in [0.2, 0.25) is 0 Å². The number of hydrogen-bond acceptors (Lipinski definition) is 9. The summed E-state index contributed by atoms with van der Waals surface area (Å²) in [6, 6.07) is 25.2. The molecule has 0 bridgehead atoms. The number of nitrogens with zero attached hydrogens (tertiary/aromatic N) is 7. The van der Waals surface area contributed by atoms with E-state index in [1.54, 1.807) is 4.90 Å². The summed E-state index contributed by atoms with van der Waals surface area (Å²) in [4.78, 5) is 30.8. The van der Waals surface area contributed by atoms with Crippen LogP contribution in [0.4, 0.5) is 11.5 Å².